The number of benzene rings is 1. The largest absolute Gasteiger partial charge is 0.497 e. The summed E-state index contributed by atoms with van der Waals surface area (Å²) in [7, 11) is 1.64. The van der Waals surface area contributed by atoms with Crippen molar-refractivity contribution in [2.45, 2.75) is 17.7 Å². The first-order valence-corrected chi connectivity index (χ1v) is 6.27. The number of ether oxygens (including phenoxy) is 1. The molecule has 1 aliphatic rings. The molecule has 1 aromatic carbocycles. The summed E-state index contributed by atoms with van der Waals surface area (Å²) >= 11 is 4.45. The summed E-state index contributed by atoms with van der Waals surface area (Å²) in [5, 5.41) is 0.385. The van der Waals surface area contributed by atoms with Crippen LogP contribution in [0.5, 0.6) is 5.75 Å². The van der Waals surface area contributed by atoms with E-state index in [2.05, 4.69) is 17.5 Å². The monoisotopic (exact) mass is 251 g/mol. The van der Waals surface area contributed by atoms with Crippen molar-refractivity contribution in [3.63, 3.8) is 0 Å². The Morgan fingerprint density at radius 3 is 2.65 bits per heavy atom. The molecule has 3 nitrogen and oxygen atoms in total. The predicted octanol–water partition coefficient (Wildman–Crippen LogP) is 1.94. The minimum absolute atomic E-state index is 0.155. The van der Waals surface area contributed by atoms with Crippen molar-refractivity contribution >= 4 is 18.9 Å². The number of nitrogens with zero attached hydrogens (tertiary/aromatic N) is 1. The van der Waals surface area contributed by atoms with Crippen LogP contribution in [0.25, 0.3) is 0 Å². The van der Waals surface area contributed by atoms with Gasteiger partial charge in [0, 0.05) is 18.3 Å². The molecule has 0 N–H and O–H groups in total. The molecule has 0 amide bonds. The molecule has 0 radical (unpaired) electrons. The quantitative estimate of drug-likeness (QED) is 0.655. The fourth-order valence-electron chi connectivity index (χ4n) is 2.20. The number of hydrogen-bond acceptors (Lipinski definition) is 4. The van der Waals surface area contributed by atoms with Crippen LogP contribution in [0.3, 0.4) is 0 Å². The lowest BCUT2D eigenvalue weighted by molar-refractivity contribution is -0.112. The standard InChI is InChI=1S/C13H17NO2S/c1-16-11-4-2-10(3-5-11)13(9-15)14-7-6-12(17)8-14/h2-5,9,12-13,17H,6-8H2,1H3. The van der Waals surface area contributed by atoms with E-state index < -0.39 is 0 Å². The van der Waals surface area contributed by atoms with E-state index in [4.69, 9.17) is 4.74 Å². The van der Waals surface area contributed by atoms with Crippen LogP contribution >= 0.6 is 12.6 Å². The normalized spacial score (nSPS) is 22.4. The molecule has 1 saturated heterocycles. The third kappa shape index (κ3) is 2.82. The van der Waals surface area contributed by atoms with Gasteiger partial charge in [-0.3, -0.25) is 4.90 Å². The van der Waals surface area contributed by atoms with Crippen molar-refractivity contribution in [1.82, 2.24) is 4.90 Å². The van der Waals surface area contributed by atoms with Gasteiger partial charge >= 0.3 is 0 Å². The maximum atomic E-state index is 11.3. The number of thiol groups is 1. The molecule has 92 valence electrons. The Bertz CT molecular complexity index is 380. The van der Waals surface area contributed by atoms with Crippen molar-refractivity contribution in [2.75, 3.05) is 20.2 Å². The van der Waals surface area contributed by atoms with Gasteiger partial charge in [0.1, 0.15) is 12.0 Å². The third-order valence-corrected chi connectivity index (χ3v) is 3.60. The molecule has 2 rings (SSSR count). The molecule has 0 spiro atoms. The molecule has 17 heavy (non-hydrogen) atoms. The Morgan fingerprint density at radius 2 is 2.18 bits per heavy atom. The molecule has 0 aliphatic carbocycles. The topological polar surface area (TPSA) is 29.5 Å². The van der Waals surface area contributed by atoms with E-state index in [-0.39, 0.29) is 6.04 Å². The number of aldehydes is 1. The predicted molar refractivity (Wildman–Crippen MR) is 70.8 cm³/mol. The Balaban J connectivity index is 2.14. The lowest BCUT2D eigenvalue weighted by Crippen LogP contribution is -2.27. The number of rotatable bonds is 4. The molecule has 0 bridgehead atoms. The summed E-state index contributed by atoms with van der Waals surface area (Å²) < 4.78 is 5.11. The fraction of sp³-hybridized carbons (Fsp3) is 0.462. The highest BCUT2D eigenvalue weighted by Crippen LogP contribution is 2.26. The number of likely N-dealkylation sites (tertiary alicyclic amines) is 1. The van der Waals surface area contributed by atoms with Crippen LogP contribution in [-0.2, 0) is 4.79 Å². The van der Waals surface area contributed by atoms with Crippen molar-refractivity contribution in [1.29, 1.82) is 0 Å². The number of carbonyl (C=O) groups is 1. The van der Waals surface area contributed by atoms with Gasteiger partial charge in [-0.25, -0.2) is 0 Å². The highest BCUT2D eigenvalue weighted by molar-refractivity contribution is 7.81. The van der Waals surface area contributed by atoms with Crippen LogP contribution in [0.4, 0.5) is 0 Å². The van der Waals surface area contributed by atoms with Gasteiger partial charge in [-0.05, 0) is 24.1 Å². The summed E-state index contributed by atoms with van der Waals surface area (Å²) in [5.41, 5.74) is 1.02. The minimum atomic E-state index is -0.155. The average Bonchev–Trinajstić information content (AvgIpc) is 2.78. The van der Waals surface area contributed by atoms with Crippen molar-refractivity contribution in [2.24, 2.45) is 0 Å². The molecular weight excluding hydrogens is 234 g/mol. The number of carbonyl (C=O) groups excluding carboxylic acids is 1. The summed E-state index contributed by atoms with van der Waals surface area (Å²) in [6.07, 6.45) is 2.05. The summed E-state index contributed by atoms with van der Waals surface area (Å²) in [6.45, 7) is 1.81. The van der Waals surface area contributed by atoms with Gasteiger partial charge < -0.3 is 9.53 Å². The molecule has 0 aromatic heterocycles. The summed E-state index contributed by atoms with van der Waals surface area (Å²) in [6, 6.07) is 7.52. The van der Waals surface area contributed by atoms with Crippen molar-refractivity contribution in [3.8, 4) is 5.75 Å². The SMILES string of the molecule is COc1ccc(C(C=O)N2CCC(S)C2)cc1. The molecule has 1 aliphatic heterocycles. The number of hydrogen-bond donors (Lipinski definition) is 1. The van der Waals surface area contributed by atoms with Crippen LogP contribution in [0, 0.1) is 0 Å². The first-order chi connectivity index (χ1) is 8.24. The van der Waals surface area contributed by atoms with E-state index in [1.165, 1.54) is 0 Å². The molecule has 2 unspecified atom stereocenters. The van der Waals surface area contributed by atoms with Gasteiger partial charge in [0.25, 0.3) is 0 Å². The zero-order valence-corrected chi connectivity index (χ0v) is 10.8. The first-order valence-electron chi connectivity index (χ1n) is 5.76. The zero-order chi connectivity index (χ0) is 12.3. The number of methoxy groups -OCH3 is 1. The zero-order valence-electron chi connectivity index (χ0n) is 9.87. The van der Waals surface area contributed by atoms with Gasteiger partial charge in [0.15, 0.2) is 0 Å². The molecule has 4 heteroatoms. The van der Waals surface area contributed by atoms with Gasteiger partial charge in [-0.1, -0.05) is 12.1 Å². The Kier molecular flexibility index (Phi) is 4.07. The smallest absolute Gasteiger partial charge is 0.141 e. The van der Waals surface area contributed by atoms with Gasteiger partial charge in [-0.15, -0.1) is 0 Å². The molecule has 1 fully saturated rings. The lowest BCUT2D eigenvalue weighted by atomic mass is 10.1. The second-order valence-electron chi connectivity index (χ2n) is 4.29. The molecule has 1 aromatic rings. The van der Waals surface area contributed by atoms with Gasteiger partial charge in [0.2, 0.25) is 0 Å². The highest BCUT2D eigenvalue weighted by atomic mass is 32.1. The Hall–Kier alpha value is -1.00. The Morgan fingerprint density at radius 1 is 1.47 bits per heavy atom. The van der Waals surface area contributed by atoms with Crippen molar-refractivity contribution < 1.29 is 9.53 Å². The van der Waals surface area contributed by atoms with E-state index in [0.717, 1.165) is 37.1 Å². The van der Waals surface area contributed by atoms with E-state index >= 15 is 0 Å². The maximum absolute atomic E-state index is 11.3. The van der Waals surface area contributed by atoms with Crippen LogP contribution in [-0.4, -0.2) is 36.6 Å². The average molecular weight is 251 g/mol. The molecule has 2 atom stereocenters. The van der Waals surface area contributed by atoms with E-state index in [9.17, 15) is 4.79 Å². The second-order valence-corrected chi connectivity index (χ2v) is 5.02. The Labute approximate surface area is 107 Å². The van der Waals surface area contributed by atoms with Crippen LogP contribution in [0.15, 0.2) is 24.3 Å². The maximum Gasteiger partial charge on any atom is 0.141 e. The highest BCUT2D eigenvalue weighted by Gasteiger charge is 2.27. The molecular formula is C13H17NO2S. The molecule has 1 heterocycles. The lowest BCUT2D eigenvalue weighted by Gasteiger charge is -2.23. The summed E-state index contributed by atoms with van der Waals surface area (Å²) in [5.74, 6) is 0.812. The van der Waals surface area contributed by atoms with Gasteiger partial charge in [0.05, 0.1) is 13.2 Å². The van der Waals surface area contributed by atoms with Crippen molar-refractivity contribution in [3.05, 3.63) is 29.8 Å². The third-order valence-electron chi connectivity index (χ3n) is 3.17. The second kappa shape index (κ2) is 5.56. The first kappa shape index (κ1) is 12.5. The molecule has 0 saturated carbocycles. The minimum Gasteiger partial charge on any atom is -0.497 e. The van der Waals surface area contributed by atoms with Crippen LogP contribution in [0.1, 0.15) is 18.0 Å². The van der Waals surface area contributed by atoms with Crippen LogP contribution < -0.4 is 4.74 Å². The van der Waals surface area contributed by atoms with E-state index in [1.807, 2.05) is 24.3 Å². The fourth-order valence-corrected chi connectivity index (χ4v) is 2.52. The van der Waals surface area contributed by atoms with Crippen LogP contribution in [0.2, 0.25) is 0 Å². The van der Waals surface area contributed by atoms with E-state index in [1.54, 1.807) is 7.11 Å². The van der Waals surface area contributed by atoms with E-state index in [0.29, 0.717) is 5.25 Å². The van der Waals surface area contributed by atoms with Gasteiger partial charge in [-0.2, -0.15) is 12.6 Å². The summed E-state index contributed by atoms with van der Waals surface area (Å²) in [4.78, 5) is 13.4.